The van der Waals surface area contributed by atoms with E-state index in [9.17, 15) is 4.79 Å². The lowest BCUT2D eigenvalue weighted by Crippen LogP contribution is -2.23. The second-order valence-electron chi connectivity index (χ2n) is 6.18. The first-order valence-electron chi connectivity index (χ1n) is 8.94. The number of ether oxygens (including phenoxy) is 1. The summed E-state index contributed by atoms with van der Waals surface area (Å²) < 4.78 is 7.66. The van der Waals surface area contributed by atoms with Crippen molar-refractivity contribution in [2.24, 2.45) is 0 Å². The van der Waals surface area contributed by atoms with Crippen LogP contribution in [0.5, 0.6) is 5.75 Å². The number of benzene rings is 2. The van der Waals surface area contributed by atoms with E-state index in [1.807, 2.05) is 60.7 Å². The molecule has 0 spiro atoms. The molecule has 2 aromatic heterocycles. The van der Waals surface area contributed by atoms with Crippen LogP contribution < -0.4 is 14.8 Å². The zero-order valence-electron chi connectivity index (χ0n) is 15.0. The van der Waals surface area contributed by atoms with Gasteiger partial charge in [-0.05, 0) is 30.2 Å². The van der Waals surface area contributed by atoms with Crippen molar-refractivity contribution in [3.05, 3.63) is 75.0 Å². The van der Waals surface area contributed by atoms with Gasteiger partial charge in [0.2, 0.25) is 4.96 Å². The average molecular weight is 377 g/mol. The average Bonchev–Trinajstić information content (AvgIpc) is 3.24. The Labute approximate surface area is 160 Å². The van der Waals surface area contributed by atoms with E-state index in [1.54, 1.807) is 0 Å². The molecule has 2 heterocycles. The van der Waals surface area contributed by atoms with Crippen LogP contribution in [0.4, 0.5) is 0 Å². The summed E-state index contributed by atoms with van der Waals surface area (Å²) in [6.07, 6.45) is 4.01. The Morgan fingerprint density at radius 1 is 1.11 bits per heavy atom. The molecule has 2 aromatic carbocycles. The molecule has 0 amide bonds. The van der Waals surface area contributed by atoms with Crippen LogP contribution in [0.3, 0.4) is 0 Å². The van der Waals surface area contributed by atoms with Gasteiger partial charge < -0.3 is 4.74 Å². The number of hydrogen-bond donors (Lipinski definition) is 0. The number of thiazole rings is 1. The summed E-state index contributed by atoms with van der Waals surface area (Å²) in [6.45, 7) is 2.86. The lowest BCUT2D eigenvalue weighted by Gasteiger charge is -2.04. The highest BCUT2D eigenvalue weighted by Crippen LogP contribution is 2.16. The zero-order chi connectivity index (χ0) is 18.6. The van der Waals surface area contributed by atoms with E-state index in [0.29, 0.717) is 15.3 Å². The van der Waals surface area contributed by atoms with Crippen molar-refractivity contribution in [1.29, 1.82) is 0 Å². The fourth-order valence-corrected chi connectivity index (χ4v) is 3.60. The van der Waals surface area contributed by atoms with Crippen LogP contribution in [0, 0.1) is 0 Å². The van der Waals surface area contributed by atoms with E-state index in [1.165, 1.54) is 15.9 Å². The molecule has 0 aliphatic heterocycles. The Morgan fingerprint density at radius 3 is 2.59 bits per heavy atom. The number of rotatable bonds is 6. The minimum absolute atomic E-state index is 0.145. The first-order valence-corrected chi connectivity index (χ1v) is 9.76. The first kappa shape index (κ1) is 17.4. The van der Waals surface area contributed by atoms with Gasteiger partial charge in [-0.2, -0.15) is 9.50 Å². The standard InChI is InChI=1S/C21H19N3O2S/c1-2-3-13-26-17-11-9-15(10-12-17)14-18-20(25)24-21(27-18)22-19(23-24)16-7-5-4-6-8-16/h4-12,14H,2-3,13H2,1H3/b18-14+. The monoisotopic (exact) mass is 377 g/mol. The van der Waals surface area contributed by atoms with Crippen molar-refractivity contribution >= 4 is 22.4 Å². The number of unbranched alkanes of at least 4 members (excludes halogenated alkanes) is 1. The quantitative estimate of drug-likeness (QED) is 0.482. The third-order valence-corrected chi connectivity index (χ3v) is 5.12. The molecule has 0 radical (unpaired) electrons. The normalized spacial score (nSPS) is 12.0. The van der Waals surface area contributed by atoms with Crippen LogP contribution >= 0.6 is 11.3 Å². The van der Waals surface area contributed by atoms with Crippen LogP contribution in [0.25, 0.3) is 22.4 Å². The topological polar surface area (TPSA) is 56.5 Å². The molecular weight excluding hydrogens is 358 g/mol. The van der Waals surface area contributed by atoms with Gasteiger partial charge in [0.15, 0.2) is 5.82 Å². The maximum absolute atomic E-state index is 12.6. The molecule has 4 aromatic rings. The van der Waals surface area contributed by atoms with Gasteiger partial charge in [-0.1, -0.05) is 67.1 Å². The highest BCUT2D eigenvalue weighted by atomic mass is 32.1. The molecule has 0 unspecified atom stereocenters. The Balaban J connectivity index is 1.61. The van der Waals surface area contributed by atoms with Gasteiger partial charge in [0.05, 0.1) is 11.1 Å². The molecule has 0 N–H and O–H groups in total. The molecule has 0 atom stereocenters. The van der Waals surface area contributed by atoms with Gasteiger partial charge >= 0.3 is 0 Å². The van der Waals surface area contributed by atoms with Gasteiger partial charge in [-0.3, -0.25) is 4.79 Å². The lowest BCUT2D eigenvalue weighted by atomic mass is 10.2. The number of fused-ring (bicyclic) bond motifs is 1. The first-order chi connectivity index (χ1) is 13.2. The molecule has 27 heavy (non-hydrogen) atoms. The van der Waals surface area contributed by atoms with E-state index in [-0.39, 0.29) is 5.56 Å². The van der Waals surface area contributed by atoms with E-state index in [4.69, 9.17) is 4.74 Å². The van der Waals surface area contributed by atoms with Crippen molar-refractivity contribution < 1.29 is 4.74 Å². The Morgan fingerprint density at radius 2 is 1.89 bits per heavy atom. The van der Waals surface area contributed by atoms with Gasteiger partial charge in [-0.15, -0.1) is 5.10 Å². The van der Waals surface area contributed by atoms with Gasteiger partial charge in [0.1, 0.15) is 5.75 Å². The summed E-state index contributed by atoms with van der Waals surface area (Å²) in [5.41, 5.74) is 1.70. The maximum Gasteiger partial charge on any atom is 0.291 e. The van der Waals surface area contributed by atoms with E-state index < -0.39 is 0 Å². The molecule has 136 valence electrons. The molecular formula is C21H19N3O2S. The van der Waals surface area contributed by atoms with Crippen molar-refractivity contribution in [1.82, 2.24) is 14.6 Å². The van der Waals surface area contributed by atoms with Crippen LogP contribution in [0.1, 0.15) is 25.3 Å². The second-order valence-corrected chi connectivity index (χ2v) is 7.19. The molecule has 4 rings (SSSR count). The summed E-state index contributed by atoms with van der Waals surface area (Å²) in [4.78, 5) is 17.7. The zero-order valence-corrected chi connectivity index (χ0v) is 15.8. The highest BCUT2D eigenvalue weighted by molar-refractivity contribution is 7.15. The van der Waals surface area contributed by atoms with Crippen molar-refractivity contribution in [3.8, 4) is 17.1 Å². The lowest BCUT2D eigenvalue weighted by molar-refractivity contribution is 0.309. The van der Waals surface area contributed by atoms with Gasteiger partial charge in [0.25, 0.3) is 5.56 Å². The molecule has 0 aliphatic rings. The Bertz CT molecular complexity index is 1150. The van der Waals surface area contributed by atoms with Gasteiger partial charge in [0, 0.05) is 5.56 Å². The summed E-state index contributed by atoms with van der Waals surface area (Å²) in [7, 11) is 0. The van der Waals surface area contributed by atoms with Gasteiger partial charge in [-0.25, -0.2) is 0 Å². The minimum atomic E-state index is -0.145. The summed E-state index contributed by atoms with van der Waals surface area (Å²) in [6, 6.07) is 17.4. The van der Waals surface area contributed by atoms with E-state index in [2.05, 4.69) is 17.0 Å². The Hall–Kier alpha value is -2.99. The number of hydrogen-bond acceptors (Lipinski definition) is 5. The van der Waals surface area contributed by atoms with Crippen molar-refractivity contribution in [3.63, 3.8) is 0 Å². The van der Waals surface area contributed by atoms with Crippen LogP contribution in [0.15, 0.2) is 59.4 Å². The third-order valence-electron chi connectivity index (χ3n) is 4.16. The molecule has 0 aliphatic carbocycles. The summed E-state index contributed by atoms with van der Waals surface area (Å²) in [5, 5.41) is 4.36. The largest absolute Gasteiger partial charge is 0.494 e. The molecule has 0 bridgehead atoms. The van der Waals surface area contributed by atoms with E-state index >= 15 is 0 Å². The third kappa shape index (κ3) is 3.75. The second kappa shape index (κ2) is 7.72. The fourth-order valence-electron chi connectivity index (χ4n) is 2.69. The van der Waals surface area contributed by atoms with Crippen LogP contribution in [0.2, 0.25) is 0 Å². The maximum atomic E-state index is 12.6. The molecule has 6 heteroatoms. The number of aromatic nitrogens is 3. The van der Waals surface area contributed by atoms with Crippen molar-refractivity contribution in [2.45, 2.75) is 19.8 Å². The van der Waals surface area contributed by atoms with Crippen LogP contribution in [-0.2, 0) is 0 Å². The van der Waals surface area contributed by atoms with Crippen molar-refractivity contribution in [2.75, 3.05) is 6.61 Å². The Kier molecular flexibility index (Phi) is 4.98. The fraction of sp³-hybridized carbons (Fsp3) is 0.190. The molecule has 5 nitrogen and oxygen atoms in total. The highest BCUT2D eigenvalue weighted by Gasteiger charge is 2.11. The summed E-state index contributed by atoms with van der Waals surface area (Å²) in [5.74, 6) is 1.41. The summed E-state index contributed by atoms with van der Waals surface area (Å²) >= 11 is 1.35. The minimum Gasteiger partial charge on any atom is -0.494 e. The predicted molar refractivity (Wildman–Crippen MR) is 108 cm³/mol. The van der Waals surface area contributed by atoms with E-state index in [0.717, 1.165) is 36.3 Å². The molecule has 0 fully saturated rings. The molecule has 0 saturated heterocycles. The molecule has 0 saturated carbocycles. The SMILES string of the molecule is CCCCOc1ccc(/C=c2/sc3nc(-c4ccccc4)nn3c2=O)cc1. The predicted octanol–water partition coefficient (Wildman–Crippen LogP) is 3.54. The smallest absolute Gasteiger partial charge is 0.291 e. The van der Waals surface area contributed by atoms with Crippen LogP contribution in [-0.4, -0.2) is 21.2 Å². The number of nitrogens with zero attached hydrogens (tertiary/aromatic N) is 3.